The summed E-state index contributed by atoms with van der Waals surface area (Å²) in [5.41, 5.74) is 0. The van der Waals surface area contributed by atoms with Gasteiger partial charge in [0.05, 0.1) is 23.8 Å². The number of hydrogen-bond acceptors (Lipinski definition) is 8. The van der Waals surface area contributed by atoms with Gasteiger partial charge in [0.2, 0.25) is 0 Å². The quantitative estimate of drug-likeness (QED) is 0.260. The first kappa shape index (κ1) is 32.1. The number of aliphatic carboxylic acids is 2. The summed E-state index contributed by atoms with van der Waals surface area (Å²) in [6.45, 7) is 8.49. The van der Waals surface area contributed by atoms with Gasteiger partial charge in [-0.3, -0.25) is 14.4 Å². The topological polar surface area (TPSA) is 155 Å². The van der Waals surface area contributed by atoms with Gasteiger partial charge >= 0.3 is 26.2 Å². The fraction of sp³-hybridized carbons (Fsp3) is 0.588. The second-order valence-electron chi connectivity index (χ2n) is 5.15. The minimum atomic E-state index is -1.27. The molecule has 146 valence electrons. The van der Waals surface area contributed by atoms with E-state index in [1.165, 1.54) is 27.7 Å². The van der Waals surface area contributed by atoms with E-state index in [1.54, 1.807) is 13.8 Å². The second kappa shape index (κ2) is 18.2. The van der Waals surface area contributed by atoms with Crippen LogP contribution in [0.25, 0.3) is 0 Å². The molecule has 0 amide bonds. The maximum Gasteiger partial charge on any atom is 2.00 e. The van der Waals surface area contributed by atoms with Crippen molar-refractivity contribution >= 4 is 29.3 Å². The first-order chi connectivity index (χ1) is 11.3. The molecule has 0 N–H and O–H groups in total. The number of carbonyl (C=O) groups excluding carboxylic acids is 5. The van der Waals surface area contributed by atoms with Gasteiger partial charge in [-0.15, -0.1) is 5.76 Å². The minimum Gasteiger partial charge on any atom is -0.876 e. The van der Waals surface area contributed by atoms with Crippen LogP contribution < -0.4 is 15.3 Å². The summed E-state index contributed by atoms with van der Waals surface area (Å²) in [7, 11) is 0. The Balaban J connectivity index is -0.000000138. The van der Waals surface area contributed by atoms with E-state index in [9.17, 15) is 39.3 Å². The molecule has 8 nitrogen and oxygen atoms in total. The first-order valence-corrected chi connectivity index (χ1v) is 7.60. The number of hydrogen-bond donors (Lipinski definition) is 0. The molecule has 2 atom stereocenters. The Labute approximate surface area is 172 Å². The van der Waals surface area contributed by atoms with Crippen LogP contribution in [-0.2, 0) is 50.2 Å². The number of allylic oxidation sites excluding steroid dienone is 2. The SMILES string of the molecule is CC(=O)/C=C(/C)[O-].CCC(C(C)=O)C(=O)[O-].CCC(C(C)=O)C(=O)[O-].[Zr+2]. The zero-order chi connectivity index (χ0) is 20.7. The smallest absolute Gasteiger partial charge is 0.876 e. The molecule has 0 bridgehead atoms. The number of carboxylic acid groups (broad SMARTS) is 2. The Kier molecular flexibility index (Phi) is 22.4. The van der Waals surface area contributed by atoms with Crippen molar-refractivity contribution in [1.29, 1.82) is 0 Å². The van der Waals surface area contributed by atoms with Crippen LogP contribution in [0.1, 0.15) is 54.4 Å². The predicted molar refractivity (Wildman–Crippen MR) is 83.4 cm³/mol. The van der Waals surface area contributed by atoms with E-state index < -0.39 is 23.8 Å². The fourth-order valence-corrected chi connectivity index (χ4v) is 1.53. The summed E-state index contributed by atoms with van der Waals surface area (Å²) in [6, 6.07) is 0. The molecule has 9 heteroatoms. The van der Waals surface area contributed by atoms with Crippen molar-refractivity contribution < 1.29 is 65.5 Å². The molecular weight excluding hydrogens is 423 g/mol. The normalized spacial score (nSPS) is 11.8. The molecule has 26 heavy (non-hydrogen) atoms. The van der Waals surface area contributed by atoms with Crippen LogP contribution in [0, 0.1) is 11.8 Å². The molecule has 0 aliphatic rings. The van der Waals surface area contributed by atoms with Gasteiger partial charge in [-0.25, -0.2) is 0 Å². The van der Waals surface area contributed by atoms with E-state index >= 15 is 0 Å². The van der Waals surface area contributed by atoms with Crippen LogP contribution in [0.3, 0.4) is 0 Å². The van der Waals surface area contributed by atoms with Gasteiger partial charge < -0.3 is 24.9 Å². The van der Waals surface area contributed by atoms with Crippen molar-refractivity contribution in [1.82, 2.24) is 0 Å². The van der Waals surface area contributed by atoms with E-state index in [0.29, 0.717) is 12.8 Å². The van der Waals surface area contributed by atoms with Crippen molar-refractivity contribution in [3.05, 3.63) is 11.8 Å². The van der Waals surface area contributed by atoms with Gasteiger partial charge in [-0.1, -0.05) is 20.8 Å². The van der Waals surface area contributed by atoms with Gasteiger partial charge in [0.15, 0.2) is 5.78 Å². The maximum absolute atomic E-state index is 10.4. The Morgan fingerprint density at radius 2 is 1.00 bits per heavy atom. The zero-order valence-corrected chi connectivity index (χ0v) is 18.4. The molecule has 0 aromatic heterocycles. The first-order valence-electron chi connectivity index (χ1n) is 7.60. The Morgan fingerprint density at radius 1 is 0.731 bits per heavy atom. The van der Waals surface area contributed by atoms with Crippen LogP contribution in [0.4, 0.5) is 0 Å². The van der Waals surface area contributed by atoms with E-state index in [1.807, 2.05) is 0 Å². The summed E-state index contributed by atoms with van der Waals surface area (Å²) in [4.78, 5) is 50.8. The van der Waals surface area contributed by atoms with Gasteiger partial charge in [-0.2, -0.15) is 0 Å². The molecule has 0 spiro atoms. The Bertz CT molecular complexity index is 447. The van der Waals surface area contributed by atoms with E-state index in [2.05, 4.69) is 0 Å². The number of rotatable bonds is 7. The van der Waals surface area contributed by atoms with Crippen molar-refractivity contribution in [2.75, 3.05) is 0 Å². The third-order valence-electron chi connectivity index (χ3n) is 2.77. The zero-order valence-electron chi connectivity index (χ0n) is 15.9. The molecule has 2 unspecified atom stereocenters. The molecule has 0 saturated heterocycles. The molecule has 0 fully saturated rings. The predicted octanol–water partition coefficient (Wildman–Crippen LogP) is -1.46. The molecule has 0 aromatic carbocycles. The van der Waals surface area contributed by atoms with Crippen molar-refractivity contribution in [2.45, 2.75) is 54.4 Å². The fourth-order valence-electron chi connectivity index (χ4n) is 1.53. The van der Waals surface area contributed by atoms with Crippen LogP contribution in [0.15, 0.2) is 11.8 Å². The van der Waals surface area contributed by atoms with E-state index in [-0.39, 0.29) is 49.3 Å². The van der Waals surface area contributed by atoms with Gasteiger partial charge in [0.25, 0.3) is 0 Å². The van der Waals surface area contributed by atoms with Gasteiger partial charge in [0, 0.05) is 0 Å². The molecular formula is C17H25O8Zr-. The summed E-state index contributed by atoms with van der Waals surface area (Å²) in [6.07, 6.45) is 1.69. The molecule has 0 radical (unpaired) electrons. The third-order valence-corrected chi connectivity index (χ3v) is 2.77. The van der Waals surface area contributed by atoms with Crippen LogP contribution in [0.2, 0.25) is 0 Å². The molecule has 0 heterocycles. The van der Waals surface area contributed by atoms with Crippen molar-refractivity contribution in [3.8, 4) is 0 Å². The number of carboxylic acids is 2. The molecule has 0 saturated carbocycles. The second-order valence-corrected chi connectivity index (χ2v) is 5.15. The van der Waals surface area contributed by atoms with Crippen molar-refractivity contribution in [3.63, 3.8) is 0 Å². The van der Waals surface area contributed by atoms with Crippen LogP contribution in [0.5, 0.6) is 0 Å². The number of ketones is 3. The van der Waals surface area contributed by atoms with E-state index in [0.717, 1.165) is 6.08 Å². The third kappa shape index (κ3) is 20.4. The monoisotopic (exact) mass is 447 g/mol. The molecule has 0 aromatic rings. The number of carbonyl (C=O) groups is 5. The van der Waals surface area contributed by atoms with E-state index in [4.69, 9.17) is 0 Å². The van der Waals surface area contributed by atoms with Crippen LogP contribution >= 0.6 is 0 Å². The standard InChI is InChI=1S/2C6H10O3.C5H8O2.Zr/c2*1-3-5(4(2)7)6(8)9;1-4(6)3-5(2)7;/h2*5H,3H2,1-2H3,(H,8,9);3,6H,1-2H3;/q;;;+2/p-3/b;;4-3-;. The van der Waals surface area contributed by atoms with Gasteiger partial charge in [0.1, 0.15) is 11.6 Å². The van der Waals surface area contributed by atoms with Gasteiger partial charge in [-0.05, 0) is 39.7 Å². The Hall–Kier alpha value is -1.63. The summed E-state index contributed by atoms with van der Waals surface area (Å²) < 4.78 is 0. The van der Waals surface area contributed by atoms with Crippen molar-refractivity contribution in [2.24, 2.45) is 11.8 Å². The average Bonchev–Trinajstić information content (AvgIpc) is 2.37. The molecule has 0 rings (SSSR count). The minimum absolute atomic E-state index is 0. The average molecular weight is 449 g/mol. The largest absolute Gasteiger partial charge is 2.00 e. The summed E-state index contributed by atoms with van der Waals surface area (Å²) in [5, 5.41) is 30.1. The number of Topliss-reactive ketones (excluding diaryl/α,β-unsaturated/α-hetero) is 2. The van der Waals surface area contributed by atoms with Crippen LogP contribution in [-0.4, -0.2) is 29.3 Å². The Morgan fingerprint density at radius 3 is 1.00 bits per heavy atom. The summed E-state index contributed by atoms with van der Waals surface area (Å²) in [5.74, 6) is -5.42. The molecule has 0 aliphatic heterocycles. The molecule has 0 aliphatic carbocycles. The maximum atomic E-state index is 10.4. The summed E-state index contributed by atoms with van der Waals surface area (Å²) >= 11 is 0.